The zero-order valence-electron chi connectivity index (χ0n) is 8.99. The fourth-order valence-corrected chi connectivity index (χ4v) is 1.31. The average Bonchev–Trinajstić information content (AvgIpc) is 2.25. The van der Waals surface area contributed by atoms with Crippen LogP contribution in [-0.2, 0) is 0 Å². The molecule has 0 aromatic heterocycles. The molecule has 15 heavy (non-hydrogen) atoms. The lowest BCUT2D eigenvalue weighted by Gasteiger charge is -2.03. The van der Waals surface area contributed by atoms with E-state index in [1.807, 2.05) is 6.08 Å². The number of halogens is 1. The molecule has 0 amide bonds. The molecule has 0 aliphatic carbocycles. The second-order valence-electron chi connectivity index (χ2n) is 3.62. The maximum Gasteiger partial charge on any atom is 0.123 e. The Bertz CT molecular complexity index is 303. The van der Waals surface area contributed by atoms with E-state index in [4.69, 9.17) is 0 Å². The highest BCUT2D eigenvalue weighted by molar-refractivity contribution is 5.49. The second kappa shape index (κ2) is 6.36. The minimum Gasteiger partial charge on any atom is -0.389 e. The molecule has 0 saturated heterocycles. The normalized spacial score (nSPS) is 13.3. The highest BCUT2D eigenvalue weighted by atomic mass is 19.1. The van der Waals surface area contributed by atoms with Gasteiger partial charge in [0.15, 0.2) is 0 Å². The molecule has 2 heteroatoms. The summed E-state index contributed by atoms with van der Waals surface area (Å²) in [6.45, 7) is 2.09. The zero-order valence-corrected chi connectivity index (χ0v) is 8.99. The number of hydrogen-bond acceptors (Lipinski definition) is 1. The number of hydrogen-bond donors (Lipinski definition) is 1. The van der Waals surface area contributed by atoms with Crippen molar-refractivity contribution in [2.75, 3.05) is 0 Å². The van der Waals surface area contributed by atoms with Crippen molar-refractivity contribution in [3.63, 3.8) is 0 Å². The quantitative estimate of drug-likeness (QED) is 0.786. The Morgan fingerprint density at radius 1 is 1.33 bits per heavy atom. The van der Waals surface area contributed by atoms with E-state index >= 15 is 0 Å². The summed E-state index contributed by atoms with van der Waals surface area (Å²) in [4.78, 5) is 0. The van der Waals surface area contributed by atoms with Crippen molar-refractivity contribution < 1.29 is 9.50 Å². The van der Waals surface area contributed by atoms with Crippen LogP contribution in [0.2, 0.25) is 0 Å². The van der Waals surface area contributed by atoms with Crippen molar-refractivity contribution in [2.45, 2.75) is 32.3 Å². The lowest BCUT2D eigenvalue weighted by molar-refractivity contribution is 0.210. The number of aliphatic hydroxyl groups is 1. The van der Waals surface area contributed by atoms with Gasteiger partial charge in [-0.3, -0.25) is 0 Å². The van der Waals surface area contributed by atoms with Crippen molar-refractivity contribution in [3.05, 3.63) is 41.7 Å². The van der Waals surface area contributed by atoms with Gasteiger partial charge in [0.2, 0.25) is 0 Å². The van der Waals surface area contributed by atoms with E-state index in [0.717, 1.165) is 24.8 Å². The fraction of sp³-hybridized carbons (Fsp3) is 0.385. The molecule has 1 N–H and O–H groups in total. The summed E-state index contributed by atoms with van der Waals surface area (Å²) in [5.41, 5.74) is 0.909. The Labute approximate surface area is 90.3 Å². The van der Waals surface area contributed by atoms with E-state index in [0.29, 0.717) is 0 Å². The molecule has 1 aromatic carbocycles. The third kappa shape index (κ3) is 4.75. The van der Waals surface area contributed by atoms with Crippen LogP contribution < -0.4 is 0 Å². The molecule has 0 aliphatic rings. The van der Waals surface area contributed by atoms with Crippen LogP contribution in [0.4, 0.5) is 4.39 Å². The molecule has 1 atom stereocenters. The molecule has 1 aromatic rings. The third-order valence-corrected chi connectivity index (χ3v) is 2.23. The van der Waals surface area contributed by atoms with Gasteiger partial charge in [-0.25, -0.2) is 4.39 Å². The largest absolute Gasteiger partial charge is 0.389 e. The van der Waals surface area contributed by atoms with Gasteiger partial charge in [-0.1, -0.05) is 44.1 Å². The molecule has 82 valence electrons. The second-order valence-corrected chi connectivity index (χ2v) is 3.62. The maximum absolute atomic E-state index is 12.6. The lowest BCUT2D eigenvalue weighted by atomic mass is 10.1. The highest BCUT2D eigenvalue weighted by Gasteiger charge is 1.97. The first-order valence-corrected chi connectivity index (χ1v) is 5.34. The smallest absolute Gasteiger partial charge is 0.123 e. The molecule has 0 fully saturated rings. The molecule has 0 heterocycles. The first kappa shape index (κ1) is 11.9. The minimum absolute atomic E-state index is 0.237. The summed E-state index contributed by atoms with van der Waals surface area (Å²) in [6.07, 6.45) is 6.07. The maximum atomic E-state index is 12.6. The topological polar surface area (TPSA) is 20.2 Å². The minimum atomic E-state index is -0.394. The number of rotatable bonds is 5. The van der Waals surface area contributed by atoms with Crippen molar-refractivity contribution in [3.8, 4) is 0 Å². The highest BCUT2D eigenvalue weighted by Crippen LogP contribution is 2.07. The lowest BCUT2D eigenvalue weighted by Crippen LogP contribution is -2.00. The number of benzene rings is 1. The summed E-state index contributed by atoms with van der Waals surface area (Å²) in [5, 5.41) is 9.54. The molecule has 1 nitrogen and oxygen atoms in total. The predicted molar refractivity (Wildman–Crippen MR) is 61.0 cm³/mol. The van der Waals surface area contributed by atoms with E-state index < -0.39 is 6.10 Å². The van der Waals surface area contributed by atoms with Gasteiger partial charge in [0.05, 0.1) is 6.10 Å². The Morgan fingerprint density at radius 2 is 2.00 bits per heavy atom. The molecule has 1 rings (SSSR count). The standard InChI is InChI=1S/C13H17FO/c1-2-3-4-13(15)10-7-11-5-8-12(14)9-6-11/h5-10,13,15H,2-4H2,1H3/b10-7+. The van der Waals surface area contributed by atoms with E-state index in [9.17, 15) is 9.50 Å². The molecule has 0 radical (unpaired) electrons. The molecule has 0 aliphatic heterocycles. The van der Waals surface area contributed by atoms with Crippen LogP contribution in [0.1, 0.15) is 31.7 Å². The first-order valence-electron chi connectivity index (χ1n) is 5.34. The Hall–Kier alpha value is -1.15. The average molecular weight is 208 g/mol. The Kier molecular flexibility index (Phi) is 5.05. The summed E-state index contributed by atoms with van der Waals surface area (Å²) in [5.74, 6) is -0.237. The van der Waals surface area contributed by atoms with E-state index in [1.165, 1.54) is 12.1 Å². The van der Waals surface area contributed by atoms with Gasteiger partial charge in [-0.15, -0.1) is 0 Å². The fourth-order valence-electron chi connectivity index (χ4n) is 1.31. The van der Waals surface area contributed by atoms with Crippen molar-refractivity contribution >= 4 is 6.08 Å². The summed E-state index contributed by atoms with van der Waals surface area (Å²) >= 11 is 0. The van der Waals surface area contributed by atoms with Gasteiger partial charge < -0.3 is 5.11 Å². The molecular formula is C13H17FO. The van der Waals surface area contributed by atoms with Crippen LogP contribution in [0.15, 0.2) is 30.3 Å². The van der Waals surface area contributed by atoms with Crippen molar-refractivity contribution in [1.82, 2.24) is 0 Å². The molecular weight excluding hydrogens is 191 g/mol. The van der Waals surface area contributed by atoms with E-state index in [-0.39, 0.29) is 5.82 Å². The summed E-state index contributed by atoms with van der Waals surface area (Å²) < 4.78 is 12.6. The monoisotopic (exact) mass is 208 g/mol. The van der Waals surface area contributed by atoms with Crippen LogP contribution in [0.5, 0.6) is 0 Å². The SMILES string of the molecule is CCCCC(O)/C=C/c1ccc(F)cc1. The van der Waals surface area contributed by atoms with Gasteiger partial charge in [0.25, 0.3) is 0 Å². The molecule has 0 saturated carbocycles. The van der Waals surface area contributed by atoms with Crippen LogP contribution in [0.3, 0.4) is 0 Å². The third-order valence-electron chi connectivity index (χ3n) is 2.23. The molecule has 0 bridgehead atoms. The number of aliphatic hydroxyl groups excluding tert-OH is 1. The first-order chi connectivity index (χ1) is 7.22. The summed E-state index contributed by atoms with van der Waals surface area (Å²) in [7, 11) is 0. The molecule has 1 unspecified atom stereocenters. The molecule has 0 spiro atoms. The summed E-state index contributed by atoms with van der Waals surface area (Å²) in [6, 6.07) is 6.22. The van der Waals surface area contributed by atoms with Gasteiger partial charge in [-0.05, 0) is 24.1 Å². The van der Waals surface area contributed by atoms with Gasteiger partial charge in [-0.2, -0.15) is 0 Å². The van der Waals surface area contributed by atoms with Crippen LogP contribution in [-0.4, -0.2) is 11.2 Å². The Balaban J connectivity index is 2.46. The van der Waals surface area contributed by atoms with Gasteiger partial charge in [0, 0.05) is 0 Å². The van der Waals surface area contributed by atoms with Gasteiger partial charge >= 0.3 is 0 Å². The van der Waals surface area contributed by atoms with Crippen LogP contribution in [0.25, 0.3) is 6.08 Å². The Morgan fingerprint density at radius 3 is 2.60 bits per heavy atom. The van der Waals surface area contributed by atoms with Crippen LogP contribution in [0, 0.1) is 5.82 Å². The predicted octanol–water partition coefficient (Wildman–Crippen LogP) is 3.39. The number of unbranched alkanes of at least 4 members (excludes halogenated alkanes) is 1. The van der Waals surface area contributed by atoms with Crippen molar-refractivity contribution in [2.24, 2.45) is 0 Å². The van der Waals surface area contributed by atoms with E-state index in [1.54, 1.807) is 18.2 Å². The van der Waals surface area contributed by atoms with Crippen molar-refractivity contribution in [1.29, 1.82) is 0 Å². The zero-order chi connectivity index (χ0) is 11.1. The van der Waals surface area contributed by atoms with E-state index in [2.05, 4.69) is 6.92 Å². The van der Waals surface area contributed by atoms with Gasteiger partial charge in [0.1, 0.15) is 5.82 Å². The van der Waals surface area contributed by atoms with Crippen LogP contribution >= 0.6 is 0 Å².